The summed E-state index contributed by atoms with van der Waals surface area (Å²) in [5, 5.41) is 3.41. The van der Waals surface area contributed by atoms with Crippen molar-refractivity contribution in [3.05, 3.63) is 47.8 Å². The molecule has 0 amide bonds. The molecule has 0 atom stereocenters. The molecule has 0 saturated carbocycles. The number of nitrogens with zero attached hydrogens (tertiary/aromatic N) is 3. The van der Waals surface area contributed by atoms with Crippen LogP contribution in [0, 0.1) is 12.8 Å². The summed E-state index contributed by atoms with van der Waals surface area (Å²) in [6, 6.07) is 10.5. The summed E-state index contributed by atoms with van der Waals surface area (Å²) in [7, 11) is 0. The van der Waals surface area contributed by atoms with Gasteiger partial charge in [-0.1, -0.05) is 31.2 Å². The van der Waals surface area contributed by atoms with Crippen LogP contribution in [0.3, 0.4) is 0 Å². The lowest BCUT2D eigenvalue weighted by molar-refractivity contribution is 0.436. The Morgan fingerprint density at radius 1 is 1.18 bits per heavy atom. The average Bonchev–Trinajstić information content (AvgIpc) is 2.55. The molecule has 1 aliphatic heterocycles. The zero-order valence-corrected chi connectivity index (χ0v) is 13.4. The Labute approximate surface area is 132 Å². The maximum Gasteiger partial charge on any atom is 0.134 e. The van der Waals surface area contributed by atoms with Gasteiger partial charge < -0.3 is 10.2 Å². The van der Waals surface area contributed by atoms with Crippen LogP contribution in [0.2, 0.25) is 0 Å². The van der Waals surface area contributed by atoms with Crippen LogP contribution in [0.4, 0.5) is 11.6 Å². The number of hydrogen-bond donors (Lipinski definition) is 1. The van der Waals surface area contributed by atoms with E-state index in [-0.39, 0.29) is 0 Å². The molecule has 0 spiro atoms. The van der Waals surface area contributed by atoms with Crippen LogP contribution in [0.15, 0.2) is 36.7 Å². The van der Waals surface area contributed by atoms with E-state index >= 15 is 0 Å². The zero-order valence-electron chi connectivity index (χ0n) is 13.4. The molecule has 116 valence electrons. The second-order valence-electron chi connectivity index (χ2n) is 6.21. The first-order valence-electron chi connectivity index (χ1n) is 8.08. The van der Waals surface area contributed by atoms with Crippen LogP contribution >= 0.6 is 0 Å². The highest BCUT2D eigenvalue weighted by atomic mass is 15.2. The van der Waals surface area contributed by atoms with Crippen molar-refractivity contribution in [3.8, 4) is 0 Å². The molecule has 0 aliphatic carbocycles. The van der Waals surface area contributed by atoms with Crippen LogP contribution in [-0.4, -0.2) is 23.1 Å². The topological polar surface area (TPSA) is 41.0 Å². The van der Waals surface area contributed by atoms with Crippen molar-refractivity contribution in [2.45, 2.75) is 33.2 Å². The molecule has 2 aromatic rings. The van der Waals surface area contributed by atoms with Crippen molar-refractivity contribution in [1.82, 2.24) is 9.97 Å². The fourth-order valence-electron chi connectivity index (χ4n) is 2.85. The summed E-state index contributed by atoms with van der Waals surface area (Å²) >= 11 is 0. The zero-order chi connectivity index (χ0) is 15.4. The molecule has 3 rings (SSSR count). The molecule has 4 heteroatoms. The van der Waals surface area contributed by atoms with Gasteiger partial charge in [-0.2, -0.15) is 0 Å². The van der Waals surface area contributed by atoms with Crippen molar-refractivity contribution in [2.24, 2.45) is 5.92 Å². The molecule has 1 N–H and O–H groups in total. The smallest absolute Gasteiger partial charge is 0.134 e. The molecule has 1 fully saturated rings. The van der Waals surface area contributed by atoms with Gasteiger partial charge in [-0.3, -0.25) is 0 Å². The first-order valence-corrected chi connectivity index (χ1v) is 8.08. The lowest BCUT2D eigenvalue weighted by Gasteiger charge is -2.31. The number of aromatic nitrogens is 2. The normalized spacial score (nSPS) is 15.8. The van der Waals surface area contributed by atoms with Gasteiger partial charge in [0.1, 0.15) is 18.0 Å². The number of rotatable bonds is 4. The van der Waals surface area contributed by atoms with Gasteiger partial charge in [-0.15, -0.1) is 0 Å². The van der Waals surface area contributed by atoms with E-state index in [0.29, 0.717) is 0 Å². The first kappa shape index (κ1) is 14.8. The van der Waals surface area contributed by atoms with Crippen LogP contribution in [0.1, 0.15) is 30.9 Å². The lowest BCUT2D eigenvalue weighted by atomic mass is 9.99. The third kappa shape index (κ3) is 3.56. The fraction of sp³-hybridized carbons (Fsp3) is 0.444. The fourth-order valence-corrected chi connectivity index (χ4v) is 2.85. The molecule has 0 unspecified atom stereocenters. The van der Waals surface area contributed by atoms with E-state index < -0.39 is 0 Å². The molecule has 1 aliphatic rings. The number of piperidine rings is 1. The Hall–Kier alpha value is -2.10. The number of hydrogen-bond acceptors (Lipinski definition) is 4. The minimum absolute atomic E-state index is 0.792. The van der Waals surface area contributed by atoms with E-state index in [1.807, 2.05) is 0 Å². The Balaban J connectivity index is 1.65. The van der Waals surface area contributed by atoms with Gasteiger partial charge in [0.25, 0.3) is 0 Å². The van der Waals surface area contributed by atoms with Crippen LogP contribution in [0.5, 0.6) is 0 Å². The standard InChI is InChI=1S/C18H24N4/c1-14-7-9-22(10-8-14)18-11-17(20-13-21-18)19-12-16-6-4-3-5-15(16)2/h3-6,11,13-14H,7-10,12H2,1-2H3,(H,19,20,21). The van der Waals surface area contributed by atoms with Gasteiger partial charge in [-0.25, -0.2) is 9.97 Å². The first-order chi connectivity index (χ1) is 10.7. The van der Waals surface area contributed by atoms with E-state index in [9.17, 15) is 0 Å². The second-order valence-corrected chi connectivity index (χ2v) is 6.21. The van der Waals surface area contributed by atoms with Crippen LogP contribution in [-0.2, 0) is 6.54 Å². The summed E-state index contributed by atoms with van der Waals surface area (Å²) < 4.78 is 0. The van der Waals surface area contributed by atoms with Crippen molar-refractivity contribution >= 4 is 11.6 Å². The van der Waals surface area contributed by atoms with Gasteiger partial charge in [0.2, 0.25) is 0 Å². The summed E-state index contributed by atoms with van der Waals surface area (Å²) in [5.74, 6) is 2.76. The largest absolute Gasteiger partial charge is 0.366 e. The highest BCUT2D eigenvalue weighted by Crippen LogP contribution is 2.22. The third-order valence-corrected chi connectivity index (χ3v) is 4.48. The molecular weight excluding hydrogens is 272 g/mol. The Bertz CT molecular complexity index is 618. The summed E-state index contributed by atoms with van der Waals surface area (Å²) in [6.07, 6.45) is 4.15. The van der Waals surface area contributed by atoms with Gasteiger partial charge in [0.05, 0.1) is 0 Å². The summed E-state index contributed by atoms with van der Waals surface area (Å²) in [6.45, 7) is 7.44. The molecule has 0 radical (unpaired) electrons. The molecule has 1 saturated heterocycles. The average molecular weight is 296 g/mol. The van der Waals surface area contributed by atoms with Crippen molar-refractivity contribution in [2.75, 3.05) is 23.3 Å². The minimum Gasteiger partial charge on any atom is -0.366 e. The predicted molar refractivity (Wildman–Crippen MR) is 91.1 cm³/mol. The Morgan fingerprint density at radius 3 is 2.73 bits per heavy atom. The Kier molecular flexibility index (Phi) is 4.56. The monoisotopic (exact) mass is 296 g/mol. The molecule has 22 heavy (non-hydrogen) atoms. The quantitative estimate of drug-likeness (QED) is 0.935. The van der Waals surface area contributed by atoms with Crippen LogP contribution < -0.4 is 10.2 Å². The molecule has 1 aromatic heterocycles. The Morgan fingerprint density at radius 2 is 1.95 bits per heavy atom. The van der Waals surface area contributed by atoms with Crippen molar-refractivity contribution in [3.63, 3.8) is 0 Å². The van der Waals surface area contributed by atoms with E-state index in [2.05, 4.69) is 64.4 Å². The molecular formula is C18H24N4. The minimum atomic E-state index is 0.792. The maximum absolute atomic E-state index is 4.44. The molecule has 0 bridgehead atoms. The van der Waals surface area contributed by atoms with Gasteiger partial charge in [0.15, 0.2) is 0 Å². The van der Waals surface area contributed by atoms with Gasteiger partial charge in [0, 0.05) is 25.7 Å². The molecule has 2 heterocycles. The third-order valence-electron chi connectivity index (χ3n) is 4.48. The van der Waals surface area contributed by atoms with E-state index in [1.165, 1.54) is 24.0 Å². The second kappa shape index (κ2) is 6.77. The summed E-state index contributed by atoms with van der Waals surface area (Å²) in [4.78, 5) is 11.1. The highest BCUT2D eigenvalue weighted by molar-refractivity contribution is 5.49. The molecule has 1 aromatic carbocycles. The van der Waals surface area contributed by atoms with Gasteiger partial charge >= 0.3 is 0 Å². The van der Waals surface area contributed by atoms with Crippen molar-refractivity contribution in [1.29, 1.82) is 0 Å². The van der Waals surface area contributed by atoms with E-state index in [4.69, 9.17) is 0 Å². The molecule has 4 nitrogen and oxygen atoms in total. The number of aryl methyl sites for hydroxylation is 1. The lowest BCUT2D eigenvalue weighted by Crippen LogP contribution is -2.33. The number of benzene rings is 1. The van der Waals surface area contributed by atoms with E-state index in [1.54, 1.807) is 6.33 Å². The number of nitrogens with one attached hydrogen (secondary N) is 1. The highest BCUT2D eigenvalue weighted by Gasteiger charge is 2.17. The van der Waals surface area contributed by atoms with Gasteiger partial charge in [-0.05, 0) is 36.8 Å². The summed E-state index contributed by atoms with van der Waals surface area (Å²) in [5.41, 5.74) is 2.60. The maximum atomic E-state index is 4.44. The van der Waals surface area contributed by atoms with E-state index in [0.717, 1.165) is 37.2 Å². The number of anilines is 2. The van der Waals surface area contributed by atoms with Crippen LogP contribution in [0.25, 0.3) is 0 Å². The van der Waals surface area contributed by atoms with Crippen molar-refractivity contribution < 1.29 is 0 Å². The predicted octanol–water partition coefficient (Wildman–Crippen LogP) is 3.63. The SMILES string of the molecule is Cc1ccccc1CNc1cc(N2CCC(C)CC2)ncn1.